The minimum Gasteiger partial charge on any atom is -0.344 e. The summed E-state index contributed by atoms with van der Waals surface area (Å²) in [6.07, 6.45) is -3.34. The van der Waals surface area contributed by atoms with E-state index in [1.807, 2.05) is 0 Å². The molecule has 3 heterocycles. The Morgan fingerprint density at radius 3 is 2.58 bits per heavy atom. The van der Waals surface area contributed by atoms with Gasteiger partial charge in [-0.2, -0.15) is 13.2 Å². The molecule has 3 aromatic rings. The van der Waals surface area contributed by atoms with E-state index >= 15 is 0 Å². The Hall–Kier alpha value is -2.94. The first kappa shape index (κ1) is 16.5. The highest BCUT2D eigenvalue weighted by Crippen LogP contribution is 2.33. The molecule has 9 heteroatoms. The normalized spacial score (nSPS) is 16.6. The highest BCUT2D eigenvalue weighted by atomic mass is 32.1. The highest BCUT2D eigenvalue weighted by molar-refractivity contribution is 7.13. The number of anilines is 1. The molecule has 5 nitrogen and oxygen atoms in total. The Balaban J connectivity index is 1.58. The minimum atomic E-state index is -4.37. The van der Waals surface area contributed by atoms with Gasteiger partial charge in [-0.05, 0) is 24.3 Å². The number of alkyl halides is 3. The number of carbonyl (C=O) groups excluding carboxylic acids is 1. The molecule has 4 rings (SSSR count). The molecule has 1 aliphatic rings. The fourth-order valence-corrected chi connectivity index (χ4v) is 3.44. The second-order valence-electron chi connectivity index (χ2n) is 5.60. The first-order valence-electron chi connectivity index (χ1n) is 7.57. The predicted octanol–water partition coefficient (Wildman–Crippen LogP) is 4.08. The molecule has 0 aliphatic carbocycles. The van der Waals surface area contributed by atoms with Crippen molar-refractivity contribution in [2.24, 2.45) is 0 Å². The van der Waals surface area contributed by atoms with Gasteiger partial charge in [0.1, 0.15) is 17.0 Å². The van der Waals surface area contributed by atoms with Crippen molar-refractivity contribution in [2.75, 3.05) is 5.32 Å². The summed E-state index contributed by atoms with van der Waals surface area (Å²) in [4.78, 5) is 20.7. The summed E-state index contributed by atoms with van der Waals surface area (Å²) in [5.74, 6) is 0.200. The quantitative estimate of drug-likeness (QED) is 0.707. The van der Waals surface area contributed by atoms with Crippen molar-refractivity contribution in [2.45, 2.75) is 12.3 Å². The van der Waals surface area contributed by atoms with Crippen molar-refractivity contribution in [3.8, 4) is 10.6 Å². The van der Waals surface area contributed by atoms with Crippen LogP contribution in [0.1, 0.15) is 27.8 Å². The van der Waals surface area contributed by atoms with E-state index in [2.05, 4.69) is 20.6 Å². The first-order valence-corrected chi connectivity index (χ1v) is 8.45. The third-order valence-corrected chi connectivity index (χ3v) is 4.80. The van der Waals surface area contributed by atoms with Crippen molar-refractivity contribution in [3.05, 3.63) is 64.8 Å². The second-order valence-corrected chi connectivity index (χ2v) is 6.46. The molecule has 2 aromatic heterocycles. The molecule has 0 fully saturated rings. The number of nitrogens with one attached hydrogen (secondary N) is 2. The molecule has 1 amide bonds. The van der Waals surface area contributed by atoms with Gasteiger partial charge in [0.2, 0.25) is 0 Å². The third kappa shape index (κ3) is 3.01. The SMILES string of the molecule is O=C1N[C@@H](c2csc(-c3ccc(C(F)(F)F)cc3)n2)Nc2ncccc21. The molecule has 0 unspecified atom stereocenters. The average molecular weight is 376 g/mol. The number of aromatic nitrogens is 2. The van der Waals surface area contributed by atoms with Gasteiger partial charge in [0.05, 0.1) is 16.8 Å². The van der Waals surface area contributed by atoms with Crippen LogP contribution in [0.3, 0.4) is 0 Å². The standard InChI is InChI=1S/C17H11F3N4OS/c18-17(19,20)10-5-3-9(4-6-10)16-22-12(8-26-16)14-23-13-11(15(25)24-14)2-1-7-21-13/h1-8,14H,(H,21,23)(H,24,25)/t14-/m0/s1. The molecule has 2 N–H and O–H groups in total. The smallest absolute Gasteiger partial charge is 0.344 e. The van der Waals surface area contributed by atoms with E-state index in [4.69, 9.17) is 0 Å². The number of rotatable bonds is 2. The lowest BCUT2D eigenvalue weighted by Gasteiger charge is -2.25. The van der Waals surface area contributed by atoms with Gasteiger partial charge in [0, 0.05) is 17.1 Å². The molecule has 26 heavy (non-hydrogen) atoms. The Bertz CT molecular complexity index is 969. The van der Waals surface area contributed by atoms with Crippen LogP contribution in [0.4, 0.5) is 19.0 Å². The van der Waals surface area contributed by atoms with Gasteiger partial charge in [0.15, 0.2) is 0 Å². The Morgan fingerprint density at radius 1 is 1.08 bits per heavy atom. The maximum Gasteiger partial charge on any atom is 0.416 e. The molecule has 1 aromatic carbocycles. The lowest BCUT2D eigenvalue weighted by Crippen LogP contribution is -2.39. The fraction of sp³-hybridized carbons (Fsp3) is 0.118. The van der Waals surface area contributed by atoms with Gasteiger partial charge in [0.25, 0.3) is 5.91 Å². The number of benzene rings is 1. The van der Waals surface area contributed by atoms with Gasteiger partial charge in [-0.3, -0.25) is 4.79 Å². The van der Waals surface area contributed by atoms with Gasteiger partial charge in [-0.15, -0.1) is 11.3 Å². The lowest BCUT2D eigenvalue weighted by molar-refractivity contribution is -0.137. The number of amides is 1. The van der Waals surface area contributed by atoms with E-state index in [9.17, 15) is 18.0 Å². The minimum absolute atomic E-state index is 0.263. The van der Waals surface area contributed by atoms with E-state index in [0.29, 0.717) is 27.6 Å². The molecular weight excluding hydrogens is 365 g/mol. The molecule has 0 saturated heterocycles. The van der Waals surface area contributed by atoms with E-state index in [-0.39, 0.29) is 5.91 Å². The van der Waals surface area contributed by atoms with Crippen LogP contribution in [0, 0.1) is 0 Å². The molecule has 0 saturated carbocycles. The summed E-state index contributed by atoms with van der Waals surface area (Å²) in [7, 11) is 0. The predicted molar refractivity (Wildman–Crippen MR) is 90.6 cm³/mol. The Labute approximate surface area is 149 Å². The zero-order valence-electron chi connectivity index (χ0n) is 13.0. The van der Waals surface area contributed by atoms with Crippen molar-refractivity contribution < 1.29 is 18.0 Å². The van der Waals surface area contributed by atoms with Crippen LogP contribution in [-0.2, 0) is 6.18 Å². The Kier molecular flexibility index (Phi) is 3.87. The van der Waals surface area contributed by atoms with E-state index in [1.165, 1.54) is 23.5 Å². The van der Waals surface area contributed by atoms with Crippen LogP contribution in [-0.4, -0.2) is 15.9 Å². The zero-order valence-corrected chi connectivity index (χ0v) is 13.9. The third-order valence-electron chi connectivity index (χ3n) is 3.89. The molecule has 132 valence electrons. The lowest BCUT2D eigenvalue weighted by atomic mass is 10.1. The summed E-state index contributed by atoms with van der Waals surface area (Å²) in [5, 5.41) is 8.19. The maximum absolute atomic E-state index is 12.7. The monoisotopic (exact) mass is 376 g/mol. The van der Waals surface area contributed by atoms with E-state index in [0.717, 1.165) is 12.1 Å². The van der Waals surface area contributed by atoms with Gasteiger partial charge < -0.3 is 10.6 Å². The van der Waals surface area contributed by atoms with Crippen LogP contribution in [0.5, 0.6) is 0 Å². The van der Waals surface area contributed by atoms with Gasteiger partial charge in [-0.1, -0.05) is 12.1 Å². The first-order chi connectivity index (χ1) is 12.4. The summed E-state index contributed by atoms with van der Waals surface area (Å²) in [5.41, 5.74) is 0.883. The molecule has 0 radical (unpaired) electrons. The number of pyridine rings is 1. The van der Waals surface area contributed by atoms with Crippen LogP contribution < -0.4 is 10.6 Å². The number of fused-ring (bicyclic) bond motifs is 1. The zero-order chi connectivity index (χ0) is 18.3. The number of nitrogens with zero attached hydrogens (tertiary/aromatic N) is 2. The van der Waals surface area contributed by atoms with Crippen molar-refractivity contribution in [1.29, 1.82) is 0 Å². The van der Waals surface area contributed by atoms with Crippen LogP contribution in [0.15, 0.2) is 48.0 Å². The van der Waals surface area contributed by atoms with E-state index < -0.39 is 17.9 Å². The van der Waals surface area contributed by atoms with Gasteiger partial charge >= 0.3 is 6.18 Å². The number of thiazole rings is 1. The highest BCUT2D eigenvalue weighted by Gasteiger charge is 2.30. The molecule has 0 bridgehead atoms. The van der Waals surface area contributed by atoms with Crippen LogP contribution >= 0.6 is 11.3 Å². The maximum atomic E-state index is 12.7. The van der Waals surface area contributed by atoms with Crippen LogP contribution in [0.25, 0.3) is 10.6 Å². The summed E-state index contributed by atoms with van der Waals surface area (Å²) < 4.78 is 38.0. The van der Waals surface area contributed by atoms with Crippen molar-refractivity contribution >= 4 is 23.1 Å². The Morgan fingerprint density at radius 2 is 1.85 bits per heavy atom. The molecule has 0 spiro atoms. The summed E-state index contributed by atoms with van der Waals surface area (Å²) in [6.45, 7) is 0. The molecule has 1 aliphatic heterocycles. The van der Waals surface area contributed by atoms with Crippen molar-refractivity contribution in [3.63, 3.8) is 0 Å². The topological polar surface area (TPSA) is 66.9 Å². The fourth-order valence-electron chi connectivity index (χ4n) is 2.59. The number of hydrogen-bond donors (Lipinski definition) is 2. The van der Waals surface area contributed by atoms with Crippen LogP contribution in [0.2, 0.25) is 0 Å². The largest absolute Gasteiger partial charge is 0.416 e. The summed E-state index contributed by atoms with van der Waals surface area (Å²) >= 11 is 1.29. The number of halogens is 3. The molecular formula is C17H11F3N4OS. The second kappa shape index (κ2) is 6.10. The van der Waals surface area contributed by atoms with E-state index in [1.54, 1.807) is 23.7 Å². The van der Waals surface area contributed by atoms with Crippen molar-refractivity contribution in [1.82, 2.24) is 15.3 Å². The average Bonchev–Trinajstić information content (AvgIpc) is 3.11. The molecule has 1 atom stereocenters. The summed E-state index contributed by atoms with van der Waals surface area (Å²) in [6, 6.07) is 8.15. The van der Waals surface area contributed by atoms with Gasteiger partial charge in [-0.25, -0.2) is 9.97 Å². The number of carbonyl (C=O) groups is 1. The number of hydrogen-bond acceptors (Lipinski definition) is 5.